The van der Waals surface area contributed by atoms with Crippen LogP contribution < -0.4 is 5.32 Å². The van der Waals surface area contributed by atoms with E-state index in [1.54, 1.807) is 56.3 Å². The Hall–Kier alpha value is -4.16. The number of fused-ring (bicyclic) bond motifs is 1. The molecule has 4 aromatic carbocycles. The van der Waals surface area contributed by atoms with E-state index in [1.165, 1.54) is 12.1 Å². The van der Waals surface area contributed by atoms with Crippen LogP contribution in [0.15, 0.2) is 90.9 Å². The monoisotopic (exact) mass is 635 g/mol. The zero-order valence-electron chi connectivity index (χ0n) is 25.5. The Morgan fingerprint density at radius 1 is 0.659 bits per heavy atom. The molecule has 4 rings (SSSR count). The first kappa shape index (κ1) is 32.7. The second-order valence-corrected chi connectivity index (χ2v) is 14.7. The molecule has 0 atom stereocenters. The van der Waals surface area contributed by atoms with Crippen molar-refractivity contribution in [2.75, 3.05) is 23.4 Å². The number of anilines is 1. The fourth-order valence-corrected chi connectivity index (χ4v) is 7.49. The van der Waals surface area contributed by atoms with Crippen molar-refractivity contribution in [2.24, 2.45) is 20.5 Å². The predicted octanol–water partition coefficient (Wildman–Crippen LogP) is 8.79. The predicted molar refractivity (Wildman–Crippen MR) is 175 cm³/mol. The second-order valence-electron chi connectivity index (χ2n) is 10.5. The molecule has 10 nitrogen and oxygen atoms in total. The molecule has 0 aromatic heterocycles. The normalized spacial score (nSPS) is 12.5. The number of phenolic OH excluding ortho intramolecular Hbond substituents is 1. The van der Waals surface area contributed by atoms with Crippen LogP contribution in [-0.2, 0) is 19.7 Å². The highest BCUT2D eigenvalue weighted by molar-refractivity contribution is 7.91. The Morgan fingerprint density at radius 2 is 1.27 bits per heavy atom. The van der Waals surface area contributed by atoms with Crippen molar-refractivity contribution in [3.05, 3.63) is 71.8 Å². The number of hydrogen-bond donors (Lipinski definition) is 2. The van der Waals surface area contributed by atoms with Crippen molar-refractivity contribution in [3.8, 4) is 5.75 Å². The van der Waals surface area contributed by atoms with Gasteiger partial charge in [-0.25, -0.2) is 16.8 Å². The van der Waals surface area contributed by atoms with E-state index >= 15 is 0 Å². The number of hydrogen-bond acceptors (Lipinski definition) is 10. The average Bonchev–Trinajstić information content (AvgIpc) is 2.97. The van der Waals surface area contributed by atoms with Crippen LogP contribution in [0.5, 0.6) is 5.75 Å². The van der Waals surface area contributed by atoms with Gasteiger partial charge in [-0.3, -0.25) is 0 Å². The number of aromatic hydroxyl groups is 1. The molecule has 232 valence electrons. The van der Waals surface area contributed by atoms with Crippen LogP contribution in [0.25, 0.3) is 10.8 Å². The van der Waals surface area contributed by atoms with Gasteiger partial charge in [0.1, 0.15) is 11.4 Å². The van der Waals surface area contributed by atoms with Gasteiger partial charge in [0, 0.05) is 17.3 Å². The van der Waals surface area contributed by atoms with Crippen LogP contribution in [0.2, 0.25) is 0 Å². The van der Waals surface area contributed by atoms with E-state index in [9.17, 15) is 21.9 Å². The van der Waals surface area contributed by atoms with Gasteiger partial charge >= 0.3 is 0 Å². The number of phenols is 1. The van der Waals surface area contributed by atoms with E-state index in [4.69, 9.17) is 0 Å². The summed E-state index contributed by atoms with van der Waals surface area (Å²) in [6, 6.07) is 16.4. The van der Waals surface area contributed by atoms with E-state index in [-0.39, 0.29) is 32.7 Å². The third-order valence-corrected chi connectivity index (χ3v) is 10.8. The van der Waals surface area contributed by atoms with Crippen LogP contribution >= 0.6 is 0 Å². The molecule has 0 fully saturated rings. The van der Waals surface area contributed by atoms with Gasteiger partial charge in [-0.15, -0.1) is 10.2 Å². The number of azo groups is 2. The van der Waals surface area contributed by atoms with Crippen LogP contribution in [-0.4, -0.2) is 40.0 Å². The average molecular weight is 636 g/mol. The van der Waals surface area contributed by atoms with Gasteiger partial charge in [-0.2, -0.15) is 10.2 Å². The molecule has 0 saturated carbocycles. The highest BCUT2D eigenvalue weighted by Crippen LogP contribution is 2.45. The number of sulfone groups is 2. The summed E-state index contributed by atoms with van der Waals surface area (Å²) in [5, 5.41) is 33.2. The smallest absolute Gasteiger partial charge is 0.178 e. The minimum Gasteiger partial charge on any atom is -0.505 e. The van der Waals surface area contributed by atoms with Crippen molar-refractivity contribution in [1.29, 1.82) is 0 Å². The number of aryl methyl sites for hydroxylation is 2. The molecular formula is C32H37N5O5S2. The lowest BCUT2D eigenvalue weighted by Gasteiger charge is -2.13. The van der Waals surface area contributed by atoms with Gasteiger partial charge < -0.3 is 10.4 Å². The molecule has 0 bridgehead atoms. The maximum Gasteiger partial charge on any atom is 0.178 e. The van der Waals surface area contributed by atoms with Gasteiger partial charge in [0.25, 0.3) is 0 Å². The number of rotatable bonds is 12. The third-order valence-electron chi connectivity index (χ3n) is 6.99. The topological polar surface area (TPSA) is 150 Å². The van der Waals surface area contributed by atoms with Crippen molar-refractivity contribution < 1.29 is 21.9 Å². The molecule has 0 unspecified atom stereocenters. The van der Waals surface area contributed by atoms with Crippen molar-refractivity contribution in [2.45, 2.75) is 57.3 Å². The summed E-state index contributed by atoms with van der Waals surface area (Å²) in [5.41, 5.74) is 3.80. The molecule has 0 heterocycles. The van der Waals surface area contributed by atoms with Crippen LogP contribution in [0, 0.1) is 13.8 Å². The number of benzene rings is 4. The molecule has 2 N–H and O–H groups in total. The molecule has 44 heavy (non-hydrogen) atoms. The molecule has 0 aliphatic heterocycles. The minimum absolute atomic E-state index is 0.0737. The van der Waals surface area contributed by atoms with Crippen molar-refractivity contribution in [3.63, 3.8) is 0 Å². The Bertz CT molecular complexity index is 1950. The fourth-order valence-electron chi connectivity index (χ4n) is 4.77. The molecule has 0 aliphatic carbocycles. The van der Waals surface area contributed by atoms with Crippen molar-refractivity contribution in [1.82, 2.24) is 0 Å². The fraction of sp³-hybridized carbons (Fsp3) is 0.312. The van der Waals surface area contributed by atoms with E-state index < -0.39 is 19.7 Å². The first-order chi connectivity index (χ1) is 20.9. The van der Waals surface area contributed by atoms with Crippen LogP contribution in [0.4, 0.5) is 28.4 Å². The molecule has 0 spiro atoms. The highest BCUT2D eigenvalue weighted by atomic mass is 32.2. The standard InChI is InChI=1S/C32H37N5O5S2/c1-6-17-43(39,40)24-11-9-23(10-12-24)34-36-30-22(5)20-27-26(32(30)38)14-16-29(33-8-3)31(27)37-35-28-15-13-25(19-21(28)4)44(41,42)18-7-2/h9-16,19-20,33,38H,6-8,17-18H2,1-5H3/b36-34+,37-35+. The molecule has 4 aromatic rings. The van der Waals surface area contributed by atoms with Gasteiger partial charge in [0.05, 0.1) is 38.4 Å². The number of nitrogens with zero attached hydrogens (tertiary/aromatic N) is 4. The first-order valence-corrected chi connectivity index (χ1v) is 17.7. The van der Waals surface area contributed by atoms with E-state index in [1.807, 2.05) is 26.8 Å². The maximum atomic E-state index is 12.5. The summed E-state index contributed by atoms with van der Waals surface area (Å²) in [6.07, 6.45) is 1.06. The minimum atomic E-state index is -3.36. The maximum absolute atomic E-state index is 12.5. The summed E-state index contributed by atoms with van der Waals surface area (Å²) < 4.78 is 49.6. The summed E-state index contributed by atoms with van der Waals surface area (Å²) in [7, 11) is -6.69. The van der Waals surface area contributed by atoms with E-state index in [0.29, 0.717) is 58.3 Å². The zero-order chi connectivity index (χ0) is 32.1. The highest BCUT2D eigenvalue weighted by Gasteiger charge is 2.18. The van der Waals surface area contributed by atoms with Crippen LogP contribution in [0.1, 0.15) is 44.7 Å². The second kappa shape index (κ2) is 13.6. The third kappa shape index (κ3) is 7.13. The lowest BCUT2D eigenvalue weighted by Crippen LogP contribution is -2.05. The first-order valence-electron chi connectivity index (χ1n) is 14.4. The van der Waals surface area contributed by atoms with Gasteiger partial charge in [0.15, 0.2) is 25.4 Å². The molecular weight excluding hydrogens is 599 g/mol. The quantitative estimate of drug-likeness (QED) is 0.149. The summed E-state index contributed by atoms with van der Waals surface area (Å²) >= 11 is 0. The Kier molecular flexibility index (Phi) is 10.2. The summed E-state index contributed by atoms with van der Waals surface area (Å²) in [5.74, 6) is 0.0757. The molecule has 0 radical (unpaired) electrons. The largest absolute Gasteiger partial charge is 0.505 e. The summed E-state index contributed by atoms with van der Waals surface area (Å²) in [6.45, 7) is 9.82. The van der Waals surface area contributed by atoms with E-state index in [2.05, 4.69) is 25.8 Å². The van der Waals surface area contributed by atoms with E-state index in [0.717, 1.165) is 5.69 Å². The molecule has 12 heteroatoms. The Balaban J connectivity index is 1.72. The molecule has 0 aliphatic rings. The van der Waals surface area contributed by atoms with Gasteiger partial charge in [0.2, 0.25) is 0 Å². The van der Waals surface area contributed by atoms with Gasteiger partial charge in [-0.1, -0.05) is 13.8 Å². The lowest BCUT2D eigenvalue weighted by atomic mass is 10.0. The lowest BCUT2D eigenvalue weighted by molar-refractivity contribution is 0.482. The van der Waals surface area contributed by atoms with Crippen molar-refractivity contribution >= 4 is 58.9 Å². The Morgan fingerprint density at radius 3 is 1.89 bits per heavy atom. The van der Waals surface area contributed by atoms with Crippen LogP contribution in [0.3, 0.4) is 0 Å². The molecule has 0 saturated heterocycles. The summed E-state index contributed by atoms with van der Waals surface area (Å²) in [4.78, 5) is 0.489. The Labute approximate surface area is 258 Å². The number of nitrogens with one attached hydrogen (secondary N) is 1. The SMILES string of the molecule is CCCS(=O)(=O)c1ccc(/N=N/c2c(C)cc3c(/N=N/c4ccc(S(=O)(=O)CCC)cc4C)c(NCC)ccc3c2O)cc1. The van der Waals surface area contributed by atoms with Gasteiger partial charge in [-0.05, 0) is 105 Å². The zero-order valence-corrected chi connectivity index (χ0v) is 27.1. The molecule has 0 amide bonds.